The molecule has 1 unspecified atom stereocenters. The summed E-state index contributed by atoms with van der Waals surface area (Å²) in [5.74, 6) is 2.12. The molecule has 1 atom stereocenters. The average molecular weight is 342 g/mol. The Morgan fingerprint density at radius 1 is 1.39 bits per heavy atom. The Kier molecular flexibility index (Phi) is 4.03. The quantitative estimate of drug-likeness (QED) is 0.809. The molecule has 2 nitrogen and oxygen atoms in total. The summed E-state index contributed by atoms with van der Waals surface area (Å²) in [6.07, 6.45) is 0.176. The van der Waals surface area contributed by atoms with Crippen molar-refractivity contribution in [2.75, 3.05) is 18.1 Å². The van der Waals surface area contributed by atoms with E-state index in [0.29, 0.717) is 0 Å². The summed E-state index contributed by atoms with van der Waals surface area (Å²) in [5.41, 5.74) is 2.19. The van der Waals surface area contributed by atoms with Gasteiger partial charge in [-0.25, -0.2) is 4.98 Å². The molecule has 18 heavy (non-hydrogen) atoms. The molecule has 2 heterocycles. The highest BCUT2D eigenvalue weighted by molar-refractivity contribution is 9.10. The zero-order valence-electron chi connectivity index (χ0n) is 9.64. The van der Waals surface area contributed by atoms with Gasteiger partial charge in [0.05, 0.1) is 12.3 Å². The summed E-state index contributed by atoms with van der Waals surface area (Å²) < 4.78 is 6.84. The van der Waals surface area contributed by atoms with Crippen molar-refractivity contribution in [3.63, 3.8) is 0 Å². The van der Waals surface area contributed by atoms with Gasteiger partial charge < -0.3 is 4.74 Å². The lowest BCUT2D eigenvalue weighted by atomic mass is 10.2. The number of thioether (sulfide) groups is 1. The molecule has 1 aliphatic rings. The molecule has 5 heteroatoms. The smallest absolute Gasteiger partial charge is 0.123 e. The van der Waals surface area contributed by atoms with E-state index >= 15 is 0 Å². The standard InChI is InChI=1S/C13H12BrNOS2/c14-10-3-1-2-9(6-10)11-7-18-13(15-11)12-8-17-5-4-16-12/h1-3,6-7,12H,4-5,8H2. The Hall–Kier alpha value is -0.360. The molecule has 3 rings (SSSR count). The van der Waals surface area contributed by atoms with Gasteiger partial charge in [-0.3, -0.25) is 0 Å². The molecule has 1 fully saturated rings. The van der Waals surface area contributed by atoms with Crippen molar-refractivity contribution >= 4 is 39.0 Å². The largest absolute Gasteiger partial charge is 0.369 e. The minimum absolute atomic E-state index is 0.176. The van der Waals surface area contributed by atoms with Crippen LogP contribution in [0.15, 0.2) is 34.1 Å². The van der Waals surface area contributed by atoms with Crippen molar-refractivity contribution in [2.24, 2.45) is 0 Å². The molecule has 2 aromatic rings. The minimum atomic E-state index is 0.176. The predicted molar refractivity (Wildman–Crippen MR) is 81.3 cm³/mol. The second-order valence-corrected chi connectivity index (χ2v) is 6.97. The summed E-state index contributed by atoms with van der Waals surface area (Å²) in [4.78, 5) is 4.70. The molecule has 0 spiro atoms. The topological polar surface area (TPSA) is 22.1 Å². The fourth-order valence-corrected chi connectivity index (χ4v) is 4.08. The van der Waals surface area contributed by atoms with E-state index in [2.05, 4.69) is 33.4 Å². The summed E-state index contributed by atoms with van der Waals surface area (Å²) >= 11 is 7.12. The monoisotopic (exact) mass is 341 g/mol. The van der Waals surface area contributed by atoms with E-state index < -0.39 is 0 Å². The number of ether oxygens (including phenoxy) is 1. The van der Waals surface area contributed by atoms with Crippen molar-refractivity contribution in [3.05, 3.63) is 39.1 Å². The zero-order valence-corrected chi connectivity index (χ0v) is 12.9. The van der Waals surface area contributed by atoms with Crippen LogP contribution < -0.4 is 0 Å². The highest BCUT2D eigenvalue weighted by Crippen LogP contribution is 2.32. The van der Waals surface area contributed by atoms with Crippen molar-refractivity contribution < 1.29 is 4.74 Å². The van der Waals surface area contributed by atoms with Gasteiger partial charge in [0.2, 0.25) is 0 Å². The Labute approximate surface area is 123 Å². The van der Waals surface area contributed by atoms with Crippen molar-refractivity contribution in [2.45, 2.75) is 6.10 Å². The minimum Gasteiger partial charge on any atom is -0.369 e. The lowest BCUT2D eigenvalue weighted by Gasteiger charge is -2.19. The van der Waals surface area contributed by atoms with Gasteiger partial charge in [-0.2, -0.15) is 11.8 Å². The number of hydrogen-bond donors (Lipinski definition) is 0. The fraction of sp³-hybridized carbons (Fsp3) is 0.308. The van der Waals surface area contributed by atoms with Gasteiger partial charge in [0, 0.05) is 26.9 Å². The number of nitrogens with zero attached hydrogens (tertiary/aromatic N) is 1. The molecule has 1 aliphatic heterocycles. The van der Waals surface area contributed by atoms with Crippen LogP contribution >= 0.6 is 39.0 Å². The van der Waals surface area contributed by atoms with Crippen LogP contribution in [0.3, 0.4) is 0 Å². The highest BCUT2D eigenvalue weighted by Gasteiger charge is 2.20. The SMILES string of the molecule is Brc1cccc(-c2csc(C3CSCCO3)n2)c1. The average Bonchev–Trinajstić information content (AvgIpc) is 2.89. The second-order valence-electron chi connectivity index (χ2n) is 4.02. The van der Waals surface area contributed by atoms with Gasteiger partial charge in [-0.1, -0.05) is 28.1 Å². The Balaban J connectivity index is 1.84. The molecule has 0 saturated carbocycles. The van der Waals surface area contributed by atoms with Crippen molar-refractivity contribution in [1.82, 2.24) is 4.98 Å². The van der Waals surface area contributed by atoms with Crippen LogP contribution in [-0.4, -0.2) is 23.1 Å². The Bertz CT molecular complexity index is 537. The van der Waals surface area contributed by atoms with Gasteiger partial charge in [-0.15, -0.1) is 11.3 Å². The van der Waals surface area contributed by atoms with E-state index in [1.165, 1.54) is 0 Å². The number of aromatic nitrogens is 1. The molecular weight excluding hydrogens is 330 g/mol. The maximum Gasteiger partial charge on any atom is 0.123 e. The highest BCUT2D eigenvalue weighted by atomic mass is 79.9. The molecule has 0 amide bonds. The summed E-state index contributed by atoms with van der Waals surface area (Å²) in [5, 5.41) is 3.21. The molecule has 0 N–H and O–H groups in total. The number of thiazole rings is 1. The first kappa shape index (κ1) is 12.7. The molecule has 0 aliphatic carbocycles. The first-order valence-electron chi connectivity index (χ1n) is 5.73. The maximum absolute atomic E-state index is 5.75. The fourth-order valence-electron chi connectivity index (χ4n) is 1.85. The van der Waals surface area contributed by atoms with E-state index in [9.17, 15) is 0 Å². The van der Waals surface area contributed by atoms with Gasteiger partial charge in [-0.05, 0) is 12.1 Å². The number of hydrogen-bond acceptors (Lipinski definition) is 4. The van der Waals surface area contributed by atoms with Crippen LogP contribution in [-0.2, 0) is 4.74 Å². The molecule has 0 bridgehead atoms. The van der Waals surface area contributed by atoms with Crippen LogP contribution in [0.25, 0.3) is 11.3 Å². The van der Waals surface area contributed by atoms with Crippen molar-refractivity contribution in [1.29, 1.82) is 0 Å². The third-order valence-corrected chi connectivity index (χ3v) is 5.16. The normalized spacial score (nSPS) is 19.9. The molecular formula is C13H12BrNOS2. The van der Waals surface area contributed by atoms with Crippen LogP contribution in [0.2, 0.25) is 0 Å². The van der Waals surface area contributed by atoms with E-state index in [1.54, 1.807) is 11.3 Å². The van der Waals surface area contributed by atoms with Crippen LogP contribution in [0.4, 0.5) is 0 Å². The zero-order chi connectivity index (χ0) is 12.4. The summed E-state index contributed by atoms with van der Waals surface area (Å²) in [6.45, 7) is 0.834. The van der Waals surface area contributed by atoms with Crippen molar-refractivity contribution in [3.8, 4) is 11.3 Å². The molecule has 1 aromatic carbocycles. The lowest BCUT2D eigenvalue weighted by molar-refractivity contribution is 0.0756. The predicted octanol–water partition coefficient (Wildman–Crippen LogP) is 4.38. The third kappa shape index (κ3) is 2.79. The first-order chi connectivity index (χ1) is 8.83. The van der Waals surface area contributed by atoms with Gasteiger partial charge >= 0.3 is 0 Å². The van der Waals surface area contributed by atoms with Crippen LogP contribution in [0.5, 0.6) is 0 Å². The first-order valence-corrected chi connectivity index (χ1v) is 8.56. The number of benzene rings is 1. The van der Waals surface area contributed by atoms with Gasteiger partial charge in [0.25, 0.3) is 0 Å². The molecule has 94 valence electrons. The Morgan fingerprint density at radius 3 is 3.11 bits per heavy atom. The van der Waals surface area contributed by atoms with E-state index in [1.807, 2.05) is 23.9 Å². The molecule has 1 aromatic heterocycles. The van der Waals surface area contributed by atoms with Gasteiger partial charge in [0.1, 0.15) is 11.1 Å². The molecule has 1 saturated heterocycles. The van der Waals surface area contributed by atoms with E-state index in [4.69, 9.17) is 9.72 Å². The second kappa shape index (κ2) is 5.74. The van der Waals surface area contributed by atoms with E-state index in [-0.39, 0.29) is 6.10 Å². The Morgan fingerprint density at radius 2 is 2.33 bits per heavy atom. The van der Waals surface area contributed by atoms with Gasteiger partial charge in [0.15, 0.2) is 0 Å². The maximum atomic E-state index is 5.75. The molecule has 0 radical (unpaired) electrons. The lowest BCUT2D eigenvalue weighted by Crippen LogP contribution is -2.15. The number of halogens is 1. The van der Waals surface area contributed by atoms with E-state index in [0.717, 1.165) is 38.9 Å². The summed E-state index contributed by atoms with van der Waals surface area (Å²) in [6, 6.07) is 8.23. The van der Waals surface area contributed by atoms with Crippen LogP contribution in [0.1, 0.15) is 11.1 Å². The number of rotatable bonds is 2. The third-order valence-electron chi connectivity index (χ3n) is 2.73. The van der Waals surface area contributed by atoms with Crippen LogP contribution in [0, 0.1) is 0 Å². The summed E-state index contributed by atoms with van der Waals surface area (Å²) in [7, 11) is 0.